The molecule has 1 saturated heterocycles. The van der Waals surface area contributed by atoms with Gasteiger partial charge in [0.05, 0.1) is 0 Å². The predicted molar refractivity (Wildman–Crippen MR) is 69.7 cm³/mol. The second-order valence-electron chi connectivity index (χ2n) is 5.24. The average Bonchev–Trinajstić information content (AvgIpc) is 2.99. The fourth-order valence-corrected chi connectivity index (χ4v) is 2.39. The van der Waals surface area contributed by atoms with Gasteiger partial charge >= 0.3 is 0 Å². The summed E-state index contributed by atoms with van der Waals surface area (Å²) in [6.45, 7) is 2.25. The van der Waals surface area contributed by atoms with E-state index in [1.54, 1.807) is 6.08 Å². The van der Waals surface area contributed by atoms with Crippen molar-refractivity contribution in [1.82, 2.24) is 0 Å². The van der Waals surface area contributed by atoms with E-state index in [9.17, 15) is 5.11 Å². The molecule has 0 aromatic heterocycles. The minimum Gasteiger partial charge on any atom is -0.360 e. The normalized spacial score (nSPS) is 30.0. The van der Waals surface area contributed by atoms with Gasteiger partial charge in [-0.3, -0.25) is 0 Å². The van der Waals surface area contributed by atoms with E-state index in [0.29, 0.717) is 0 Å². The van der Waals surface area contributed by atoms with Gasteiger partial charge in [-0.15, -0.1) is 0 Å². The third-order valence-electron chi connectivity index (χ3n) is 3.64. The smallest absolute Gasteiger partial charge is 0.217 e. The van der Waals surface area contributed by atoms with Gasteiger partial charge in [-0.05, 0) is 30.6 Å². The molecule has 1 fully saturated rings. The SMILES string of the molecule is CCCCCCCCCC1=CC2OC2(O)C=C1. The third kappa shape index (κ3) is 3.68. The Morgan fingerprint density at radius 1 is 1.18 bits per heavy atom. The van der Waals surface area contributed by atoms with Gasteiger partial charge in [0.1, 0.15) is 6.10 Å². The largest absolute Gasteiger partial charge is 0.360 e. The van der Waals surface area contributed by atoms with Crippen molar-refractivity contribution in [2.24, 2.45) is 0 Å². The van der Waals surface area contributed by atoms with Gasteiger partial charge in [0.25, 0.3) is 0 Å². The molecule has 17 heavy (non-hydrogen) atoms. The van der Waals surface area contributed by atoms with Gasteiger partial charge in [-0.25, -0.2) is 0 Å². The van der Waals surface area contributed by atoms with Gasteiger partial charge in [-0.1, -0.05) is 51.5 Å². The van der Waals surface area contributed by atoms with E-state index >= 15 is 0 Å². The van der Waals surface area contributed by atoms with Gasteiger partial charge in [0.2, 0.25) is 5.79 Å². The highest BCUT2D eigenvalue weighted by Gasteiger charge is 2.53. The van der Waals surface area contributed by atoms with Crippen LogP contribution in [0, 0.1) is 0 Å². The molecule has 1 N–H and O–H groups in total. The highest BCUT2D eigenvalue weighted by molar-refractivity contribution is 5.34. The topological polar surface area (TPSA) is 32.8 Å². The summed E-state index contributed by atoms with van der Waals surface area (Å²) >= 11 is 0. The number of ether oxygens (including phenoxy) is 1. The van der Waals surface area contributed by atoms with Crippen molar-refractivity contribution in [3.05, 3.63) is 23.8 Å². The zero-order chi connectivity index (χ0) is 12.1. The van der Waals surface area contributed by atoms with Crippen molar-refractivity contribution in [2.45, 2.75) is 70.2 Å². The molecule has 0 bridgehead atoms. The first-order chi connectivity index (χ1) is 8.24. The summed E-state index contributed by atoms with van der Waals surface area (Å²) in [6, 6.07) is 0. The molecule has 0 saturated carbocycles. The molecule has 96 valence electrons. The molecular formula is C15H24O2. The number of epoxide rings is 1. The zero-order valence-corrected chi connectivity index (χ0v) is 10.8. The van der Waals surface area contributed by atoms with Crippen LogP contribution in [0.3, 0.4) is 0 Å². The van der Waals surface area contributed by atoms with Crippen molar-refractivity contribution in [3.8, 4) is 0 Å². The Bertz CT molecular complexity index is 306. The summed E-state index contributed by atoms with van der Waals surface area (Å²) in [5.41, 5.74) is 1.32. The van der Waals surface area contributed by atoms with E-state index in [4.69, 9.17) is 4.74 Å². The fraction of sp³-hybridized carbons (Fsp3) is 0.733. The lowest BCUT2D eigenvalue weighted by Gasteiger charge is -2.07. The maximum absolute atomic E-state index is 9.60. The number of fused-ring (bicyclic) bond motifs is 1. The van der Waals surface area contributed by atoms with Crippen LogP contribution in [-0.4, -0.2) is 17.0 Å². The van der Waals surface area contributed by atoms with Crippen LogP contribution < -0.4 is 0 Å². The fourth-order valence-electron chi connectivity index (χ4n) is 2.39. The van der Waals surface area contributed by atoms with Crippen LogP contribution in [0.25, 0.3) is 0 Å². The van der Waals surface area contributed by atoms with E-state index in [2.05, 4.69) is 13.0 Å². The number of allylic oxidation sites excluding steroid dienone is 2. The van der Waals surface area contributed by atoms with Crippen LogP contribution in [0.5, 0.6) is 0 Å². The Kier molecular flexibility index (Phi) is 4.41. The number of unbranched alkanes of at least 4 members (excludes halogenated alkanes) is 6. The molecule has 0 radical (unpaired) electrons. The van der Waals surface area contributed by atoms with Crippen molar-refractivity contribution < 1.29 is 9.84 Å². The van der Waals surface area contributed by atoms with E-state index in [-0.39, 0.29) is 6.10 Å². The third-order valence-corrected chi connectivity index (χ3v) is 3.64. The molecule has 0 aromatic carbocycles. The molecule has 1 heterocycles. The second-order valence-corrected chi connectivity index (χ2v) is 5.24. The molecule has 0 aromatic rings. The van der Waals surface area contributed by atoms with Crippen LogP contribution >= 0.6 is 0 Å². The van der Waals surface area contributed by atoms with Gasteiger partial charge in [0, 0.05) is 0 Å². The Morgan fingerprint density at radius 3 is 2.59 bits per heavy atom. The maximum Gasteiger partial charge on any atom is 0.217 e. The Morgan fingerprint density at radius 2 is 1.88 bits per heavy atom. The first-order valence-corrected chi connectivity index (χ1v) is 7.05. The molecule has 2 atom stereocenters. The summed E-state index contributed by atoms with van der Waals surface area (Å²) in [4.78, 5) is 0. The number of hydrogen-bond acceptors (Lipinski definition) is 2. The minimum absolute atomic E-state index is 0.0629. The lowest BCUT2D eigenvalue weighted by atomic mass is 9.99. The van der Waals surface area contributed by atoms with Gasteiger partial charge < -0.3 is 9.84 Å². The summed E-state index contributed by atoms with van der Waals surface area (Å²) in [5, 5.41) is 9.60. The summed E-state index contributed by atoms with van der Waals surface area (Å²) < 4.78 is 5.16. The molecular weight excluding hydrogens is 212 g/mol. The summed E-state index contributed by atoms with van der Waals surface area (Å²) in [6.07, 6.45) is 16.3. The number of aliphatic hydroxyl groups is 1. The monoisotopic (exact) mass is 236 g/mol. The maximum atomic E-state index is 9.60. The first-order valence-electron chi connectivity index (χ1n) is 7.05. The van der Waals surface area contributed by atoms with E-state index < -0.39 is 5.79 Å². The van der Waals surface area contributed by atoms with Crippen molar-refractivity contribution in [1.29, 1.82) is 0 Å². The average molecular weight is 236 g/mol. The molecule has 0 amide bonds. The molecule has 2 rings (SSSR count). The quantitative estimate of drug-likeness (QED) is 0.514. The number of hydrogen-bond donors (Lipinski definition) is 1. The molecule has 1 aliphatic heterocycles. The standard InChI is InChI=1S/C15H24O2/c1-2-3-4-5-6-7-8-9-13-10-11-15(16)14(12-13)17-15/h10-12,14,16H,2-9H2,1H3. The van der Waals surface area contributed by atoms with Crippen molar-refractivity contribution >= 4 is 0 Å². The van der Waals surface area contributed by atoms with E-state index in [1.807, 2.05) is 6.08 Å². The van der Waals surface area contributed by atoms with Gasteiger partial charge in [0.15, 0.2) is 0 Å². The number of rotatable bonds is 8. The van der Waals surface area contributed by atoms with Crippen LogP contribution in [0.2, 0.25) is 0 Å². The van der Waals surface area contributed by atoms with Crippen molar-refractivity contribution in [2.75, 3.05) is 0 Å². The van der Waals surface area contributed by atoms with Crippen LogP contribution in [0.15, 0.2) is 23.8 Å². The Labute approximate surface area is 104 Å². The van der Waals surface area contributed by atoms with Gasteiger partial charge in [-0.2, -0.15) is 0 Å². The van der Waals surface area contributed by atoms with Crippen LogP contribution in [-0.2, 0) is 4.74 Å². The Hall–Kier alpha value is -0.600. The van der Waals surface area contributed by atoms with E-state index in [0.717, 1.165) is 6.42 Å². The second kappa shape index (κ2) is 5.83. The van der Waals surface area contributed by atoms with Crippen LogP contribution in [0.4, 0.5) is 0 Å². The van der Waals surface area contributed by atoms with Crippen molar-refractivity contribution in [3.63, 3.8) is 0 Å². The van der Waals surface area contributed by atoms with Crippen LogP contribution in [0.1, 0.15) is 58.3 Å². The Balaban J connectivity index is 1.52. The first kappa shape index (κ1) is 12.8. The zero-order valence-electron chi connectivity index (χ0n) is 10.8. The van der Waals surface area contributed by atoms with E-state index in [1.165, 1.54) is 50.5 Å². The molecule has 2 aliphatic rings. The lowest BCUT2D eigenvalue weighted by Crippen LogP contribution is -2.11. The molecule has 2 nitrogen and oxygen atoms in total. The predicted octanol–water partition coefficient (Wildman–Crippen LogP) is 3.71. The lowest BCUT2D eigenvalue weighted by molar-refractivity contribution is 0.0825. The molecule has 0 spiro atoms. The highest BCUT2D eigenvalue weighted by atomic mass is 16.7. The molecule has 1 aliphatic carbocycles. The molecule has 2 unspecified atom stereocenters. The summed E-state index contributed by atoms with van der Waals surface area (Å²) in [5.74, 6) is -0.941. The highest BCUT2D eigenvalue weighted by Crippen LogP contribution is 2.40. The molecule has 2 heteroatoms. The minimum atomic E-state index is -0.941. The summed E-state index contributed by atoms with van der Waals surface area (Å²) in [7, 11) is 0.